The molecule has 0 spiro atoms. The molecule has 0 fully saturated rings. The van der Waals surface area contributed by atoms with Crippen LogP contribution in [0.1, 0.15) is 34.4 Å². The van der Waals surface area contributed by atoms with Gasteiger partial charge in [-0.15, -0.1) is 11.3 Å². The van der Waals surface area contributed by atoms with Crippen LogP contribution in [0, 0.1) is 22.7 Å². The standard InChI is InChI=1S/C22H17N5O2S2/c23-10-15-14-8-4-5-9-17(14)31-21(15)25-18(28)12-30-22-26-19(13-6-2-1-3-7-13)16(11-24)20(29)27-22/h1-3,6-7H,4-5,8-9,12H2,(H,25,28)(H,26,27,29). The molecule has 0 bridgehead atoms. The van der Waals surface area contributed by atoms with Crippen molar-refractivity contribution in [1.82, 2.24) is 9.97 Å². The van der Waals surface area contributed by atoms with Gasteiger partial charge in [-0.05, 0) is 31.2 Å². The predicted molar refractivity (Wildman–Crippen MR) is 120 cm³/mol. The highest BCUT2D eigenvalue weighted by Gasteiger charge is 2.22. The van der Waals surface area contributed by atoms with Crippen molar-refractivity contribution in [2.75, 3.05) is 11.1 Å². The van der Waals surface area contributed by atoms with Crippen LogP contribution in [-0.2, 0) is 17.6 Å². The molecule has 1 amide bonds. The van der Waals surface area contributed by atoms with Crippen LogP contribution in [0.5, 0.6) is 0 Å². The zero-order valence-corrected chi connectivity index (χ0v) is 18.0. The average Bonchev–Trinajstić information content (AvgIpc) is 3.14. The minimum absolute atomic E-state index is 0.0104. The van der Waals surface area contributed by atoms with E-state index in [4.69, 9.17) is 0 Å². The van der Waals surface area contributed by atoms with Crippen LogP contribution in [-0.4, -0.2) is 21.6 Å². The van der Waals surface area contributed by atoms with Gasteiger partial charge in [-0.2, -0.15) is 10.5 Å². The van der Waals surface area contributed by atoms with Gasteiger partial charge in [-0.1, -0.05) is 42.1 Å². The molecule has 2 aromatic heterocycles. The molecule has 9 heteroatoms. The summed E-state index contributed by atoms with van der Waals surface area (Å²) in [5, 5.41) is 22.6. The van der Waals surface area contributed by atoms with E-state index >= 15 is 0 Å². The van der Waals surface area contributed by atoms with Crippen molar-refractivity contribution in [2.45, 2.75) is 30.8 Å². The molecule has 0 unspecified atom stereocenters. The fourth-order valence-electron chi connectivity index (χ4n) is 3.50. The van der Waals surface area contributed by atoms with Crippen molar-refractivity contribution in [3.8, 4) is 23.4 Å². The number of hydrogen-bond donors (Lipinski definition) is 2. The van der Waals surface area contributed by atoms with Gasteiger partial charge >= 0.3 is 0 Å². The quantitative estimate of drug-likeness (QED) is 0.452. The van der Waals surface area contributed by atoms with Gasteiger partial charge in [0, 0.05) is 10.4 Å². The van der Waals surface area contributed by atoms with E-state index in [1.165, 1.54) is 16.2 Å². The Morgan fingerprint density at radius 3 is 2.65 bits per heavy atom. The Balaban J connectivity index is 1.51. The number of thiophene rings is 1. The summed E-state index contributed by atoms with van der Waals surface area (Å²) in [7, 11) is 0. The summed E-state index contributed by atoms with van der Waals surface area (Å²) >= 11 is 2.54. The largest absolute Gasteiger partial charge is 0.316 e. The number of aromatic amines is 1. The third kappa shape index (κ3) is 4.38. The fourth-order valence-corrected chi connectivity index (χ4v) is 5.41. The number of benzene rings is 1. The van der Waals surface area contributed by atoms with E-state index in [0.29, 0.717) is 16.1 Å². The van der Waals surface area contributed by atoms with Crippen molar-refractivity contribution in [1.29, 1.82) is 10.5 Å². The molecule has 31 heavy (non-hydrogen) atoms. The molecule has 0 aliphatic heterocycles. The maximum absolute atomic E-state index is 12.5. The normalized spacial score (nSPS) is 12.5. The topological polar surface area (TPSA) is 122 Å². The first kappa shape index (κ1) is 20.9. The molecule has 0 saturated heterocycles. The Labute approximate surface area is 186 Å². The number of amides is 1. The number of anilines is 1. The first-order valence-corrected chi connectivity index (χ1v) is 11.5. The zero-order chi connectivity index (χ0) is 21.8. The minimum atomic E-state index is -0.544. The summed E-state index contributed by atoms with van der Waals surface area (Å²) in [4.78, 5) is 33.0. The first-order valence-electron chi connectivity index (χ1n) is 9.68. The number of nitriles is 2. The molecular weight excluding hydrogens is 430 g/mol. The number of nitrogens with zero attached hydrogens (tertiary/aromatic N) is 3. The smallest absolute Gasteiger partial charge is 0.270 e. The monoisotopic (exact) mass is 447 g/mol. The summed E-state index contributed by atoms with van der Waals surface area (Å²) in [6.07, 6.45) is 3.97. The van der Waals surface area contributed by atoms with Crippen molar-refractivity contribution in [3.63, 3.8) is 0 Å². The van der Waals surface area contributed by atoms with E-state index in [2.05, 4.69) is 21.4 Å². The van der Waals surface area contributed by atoms with E-state index in [0.717, 1.165) is 43.0 Å². The van der Waals surface area contributed by atoms with Crippen LogP contribution in [0.3, 0.4) is 0 Å². The van der Waals surface area contributed by atoms with Crippen LogP contribution in [0.15, 0.2) is 40.3 Å². The molecule has 0 radical (unpaired) electrons. The Morgan fingerprint density at radius 2 is 1.90 bits per heavy atom. The van der Waals surface area contributed by atoms with Gasteiger partial charge in [0.1, 0.15) is 22.7 Å². The molecule has 1 aliphatic rings. The van der Waals surface area contributed by atoms with Crippen molar-refractivity contribution in [2.24, 2.45) is 0 Å². The van der Waals surface area contributed by atoms with Crippen LogP contribution in [0.4, 0.5) is 5.00 Å². The molecule has 154 valence electrons. The second kappa shape index (κ2) is 9.17. The number of rotatable bonds is 5. The summed E-state index contributed by atoms with van der Waals surface area (Å²) in [6.45, 7) is 0. The van der Waals surface area contributed by atoms with Gasteiger partial charge in [-0.3, -0.25) is 9.59 Å². The lowest BCUT2D eigenvalue weighted by molar-refractivity contribution is -0.113. The molecule has 4 rings (SSSR count). The van der Waals surface area contributed by atoms with E-state index in [-0.39, 0.29) is 28.1 Å². The third-order valence-electron chi connectivity index (χ3n) is 4.93. The van der Waals surface area contributed by atoms with Crippen LogP contribution >= 0.6 is 23.1 Å². The molecule has 2 heterocycles. The first-order chi connectivity index (χ1) is 15.1. The minimum Gasteiger partial charge on any atom is -0.316 e. The predicted octanol–water partition coefficient (Wildman–Crippen LogP) is 3.85. The van der Waals surface area contributed by atoms with Gasteiger partial charge in [0.15, 0.2) is 5.16 Å². The summed E-state index contributed by atoms with van der Waals surface area (Å²) in [6, 6.07) is 13.1. The summed E-state index contributed by atoms with van der Waals surface area (Å²) in [5.41, 5.74) is 1.95. The number of fused-ring (bicyclic) bond motifs is 1. The van der Waals surface area contributed by atoms with Crippen LogP contribution in [0.2, 0.25) is 0 Å². The fraction of sp³-hybridized carbons (Fsp3) is 0.227. The Bertz CT molecular complexity index is 1280. The molecule has 0 saturated carbocycles. The number of carbonyl (C=O) groups is 1. The number of hydrogen-bond acceptors (Lipinski definition) is 7. The average molecular weight is 448 g/mol. The maximum Gasteiger partial charge on any atom is 0.270 e. The van der Waals surface area contributed by atoms with Crippen LogP contribution in [0.25, 0.3) is 11.3 Å². The molecule has 3 aromatic rings. The number of aryl methyl sites for hydroxylation is 1. The second-order valence-corrected chi connectivity index (χ2v) is 9.01. The molecule has 1 aromatic carbocycles. The van der Waals surface area contributed by atoms with Crippen molar-refractivity contribution < 1.29 is 4.79 Å². The Kier molecular flexibility index (Phi) is 6.17. The van der Waals surface area contributed by atoms with Gasteiger partial charge in [0.05, 0.1) is 17.0 Å². The highest BCUT2D eigenvalue weighted by atomic mass is 32.2. The lowest BCUT2D eigenvalue weighted by Gasteiger charge is -2.09. The highest BCUT2D eigenvalue weighted by molar-refractivity contribution is 7.99. The van der Waals surface area contributed by atoms with E-state index in [9.17, 15) is 20.1 Å². The molecule has 2 N–H and O–H groups in total. The summed E-state index contributed by atoms with van der Waals surface area (Å²) < 4.78 is 0. The van der Waals surface area contributed by atoms with E-state index < -0.39 is 5.56 Å². The zero-order valence-electron chi connectivity index (χ0n) is 16.4. The number of nitrogens with one attached hydrogen (secondary N) is 2. The van der Waals surface area contributed by atoms with Gasteiger partial charge in [0.2, 0.25) is 5.91 Å². The van der Waals surface area contributed by atoms with Crippen LogP contribution < -0.4 is 10.9 Å². The number of H-pyrrole nitrogens is 1. The van der Waals surface area contributed by atoms with Gasteiger partial charge in [-0.25, -0.2) is 4.98 Å². The number of carbonyl (C=O) groups excluding carboxylic acids is 1. The number of aromatic nitrogens is 2. The van der Waals surface area contributed by atoms with E-state index in [1.54, 1.807) is 24.3 Å². The van der Waals surface area contributed by atoms with Gasteiger partial charge < -0.3 is 10.3 Å². The van der Waals surface area contributed by atoms with Gasteiger partial charge in [0.25, 0.3) is 5.56 Å². The van der Waals surface area contributed by atoms with E-state index in [1.807, 2.05) is 12.1 Å². The van der Waals surface area contributed by atoms with Crippen molar-refractivity contribution >= 4 is 34.0 Å². The highest BCUT2D eigenvalue weighted by Crippen LogP contribution is 2.37. The second-order valence-electron chi connectivity index (χ2n) is 6.94. The SMILES string of the molecule is N#Cc1c(NC(=O)CSc2nc(-c3ccccc3)c(C#N)c(=O)[nH]2)sc2c1CCCC2. The van der Waals surface area contributed by atoms with Crippen molar-refractivity contribution in [3.05, 3.63) is 62.3 Å². The third-order valence-corrected chi connectivity index (χ3v) is 7.01. The maximum atomic E-state index is 12.5. The Morgan fingerprint density at radius 1 is 1.16 bits per heavy atom. The molecule has 7 nitrogen and oxygen atoms in total. The number of thioether (sulfide) groups is 1. The lowest BCUT2D eigenvalue weighted by Crippen LogP contribution is -2.17. The molecule has 1 aliphatic carbocycles. The Hall–Kier alpha value is -3.40. The lowest BCUT2D eigenvalue weighted by atomic mass is 9.96. The molecular formula is C22H17N5O2S2. The summed E-state index contributed by atoms with van der Waals surface area (Å²) in [5.74, 6) is -0.273. The molecule has 0 atom stereocenters.